The molecule has 0 bridgehead atoms. The van der Waals surface area contributed by atoms with Crippen LogP contribution in [0.15, 0.2) is 88.3 Å². The summed E-state index contributed by atoms with van der Waals surface area (Å²) in [4.78, 5) is 24.9. The number of hydrogen-bond acceptors (Lipinski definition) is 6. The van der Waals surface area contributed by atoms with Crippen molar-refractivity contribution in [1.29, 1.82) is 0 Å². The summed E-state index contributed by atoms with van der Waals surface area (Å²) >= 11 is 0. The predicted octanol–water partition coefficient (Wildman–Crippen LogP) is 5.52. The summed E-state index contributed by atoms with van der Waals surface area (Å²) in [7, 11) is 1.59. The van der Waals surface area contributed by atoms with Crippen LogP contribution in [0.3, 0.4) is 0 Å². The zero-order valence-corrected chi connectivity index (χ0v) is 17.5. The fraction of sp³-hybridized carbons (Fsp3) is 0.0769. The van der Waals surface area contributed by atoms with E-state index >= 15 is 0 Å². The van der Waals surface area contributed by atoms with Gasteiger partial charge in [-0.25, -0.2) is 4.79 Å². The Kier molecular flexibility index (Phi) is 6.03. The fourth-order valence-corrected chi connectivity index (χ4v) is 2.99. The van der Waals surface area contributed by atoms with Crippen molar-refractivity contribution in [3.63, 3.8) is 0 Å². The molecule has 0 spiro atoms. The number of hydrogen-bond donors (Lipinski definition) is 0. The Hall–Kier alpha value is -4.32. The molecule has 0 radical (unpaired) electrons. The van der Waals surface area contributed by atoms with Crippen molar-refractivity contribution < 1.29 is 23.4 Å². The van der Waals surface area contributed by atoms with Gasteiger partial charge in [-0.15, -0.1) is 0 Å². The molecule has 160 valence electrons. The van der Waals surface area contributed by atoms with E-state index in [-0.39, 0.29) is 22.5 Å². The number of rotatable bonds is 6. The van der Waals surface area contributed by atoms with Gasteiger partial charge in [0.1, 0.15) is 29.1 Å². The first kappa shape index (κ1) is 20.9. The topological polar surface area (TPSA) is 75.0 Å². The SMILES string of the molecule is COc1ccc(/C=C/C(=O)Oc2ccc3c(=O)c(Oc4ccc(C)cc4)coc3c2)cc1. The Bertz CT molecular complexity index is 1330. The maximum atomic E-state index is 12.7. The molecule has 6 nitrogen and oxygen atoms in total. The highest BCUT2D eigenvalue weighted by Crippen LogP contribution is 2.24. The Balaban J connectivity index is 1.48. The van der Waals surface area contributed by atoms with Crippen molar-refractivity contribution in [2.45, 2.75) is 6.92 Å². The molecule has 32 heavy (non-hydrogen) atoms. The number of carbonyl (C=O) groups excluding carboxylic acids is 1. The minimum Gasteiger partial charge on any atom is -0.497 e. The van der Waals surface area contributed by atoms with Crippen LogP contribution in [0.1, 0.15) is 11.1 Å². The molecule has 0 fully saturated rings. The number of fused-ring (bicyclic) bond motifs is 1. The predicted molar refractivity (Wildman–Crippen MR) is 121 cm³/mol. The molecule has 6 heteroatoms. The van der Waals surface area contributed by atoms with E-state index in [9.17, 15) is 9.59 Å². The highest BCUT2D eigenvalue weighted by atomic mass is 16.5. The molecule has 0 aliphatic carbocycles. The van der Waals surface area contributed by atoms with Crippen LogP contribution in [-0.2, 0) is 4.79 Å². The highest BCUT2D eigenvalue weighted by molar-refractivity contribution is 5.89. The average Bonchev–Trinajstić information content (AvgIpc) is 2.81. The number of benzene rings is 3. The Morgan fingerprint density at radius 2 is 1.59 bits per heavy atom. The van der Waals surface area contributed by atoms with Crippen molar-refractivity contribution in [2.75, 3.05) is 7.11 Å². The Morgan fingerprint density at radius 1 is 0.906 bits per heavy atom. The smallest absolute Gasteiger partial charge is 0.336 e. The summed E-state index contributed by atoms with van der Waals surface area (Å²) in [5.41, 5.74) is 1.89. The third-order valence-electron chi connectivity index (χ3n) is 4.71. The monoisotopic (exact) mass is 428 g/mol. The molecule has 1 aromatic heterocycles. The van der Waals surface area contributed by atoms with Crippen molar-refractivity contribution in [1.82, 2.24) is 0 Å². The molecule has 0 unspecified atom stereocenters. The second kappa shape index (κ2) is 9.22. The minimum atomic E-state index is -0.554. The Morgan fingerprint density at radius 3 is 2.31 bits per heavy atom. The molecule has 0 N–H and O–H groups in total. The van der Waals surface area contributed by atoms with Gasteiger partial charge >= 0.3 is 5.97 Å². The molecule has 4 aromatic rings. The normalized spacial score (nSPS) is 10.9. The number of carbonyl (C=O) groups is 1. The van der Waals surface area contributed by atoms with E-state index < -0.39 is 5.97 Å². The van der Waals surface area contributed by atoms with Crippen molar-refractivity contribution >= 4 is 23.0 Å². The Labute approximate surface area is 184 Å². The van der Waals surface area contributed by atoms with Gasteiger partial charge in [-0.1, -0.05) is 29.8 Å². The molecule has 0 saturated carbocycles. The summed E-state index contributed by atoms with van der Waals surface area (Å²) in [6, 6.07) is 19.2. The summed E-state index contributed by atoms with van der Waals surface area (Å²) in [6.07, 6.45) is 4.21. The van der Waals surface area contributed by atoms with E-state index in [1.807, 2.05) is 31.2 Å². The van der Waals surface area contributed by atoms with Crippen LogP contribution in [0, 0.1) is 6.92 Å². The zero-order valence-electron chi connectivity index (χ0n) is 17.5. The third-order valence-corrected chi connectivity index (χ3v) is 4.71. The largest absolute Gasteiger partial charge is 0.497 e. The number of ether oxygens (including phenoxy) is 3. The van der Waals surface area contributed by atoms with Crippen molar-refractivity contribution in [2.24, 2.45) is 0 Å². The number of esters is 1. The quantitative estimate of drug-likeness (QED) is 0.229. The van der Waals surface area contributed by atoms with Gasteiger partial charge < -0.3 is 18.6 Å². The van der Waals surface area contributed by atoms with E-state index in [0.717, 1.165) is 16.9 Å². The summed E-state index contributed by atoms with van der Waals surface area (Å²) in [5, 5.41) is 0.322. The molecule has 1 heterocycles. The molecule has 3 aromatic carbocycles. The van der Waals surface area contributed by atoms with Gasteiger partial charge in [-0.2, -0.15) is 0 Å². The number of methoxy groups -OCH3 is 1. The summed E-state index contributed by atoms with van der Waals surface area (Å²) in [5.74, 6) is 1.05. The molecule has 0 aliphatic heterocycles. The lowest BCUT2D eigenvalue weighted by molar-refractivity contribution is -0.128. The lowest BCUT2D eigenvalue weighted by atomic mass is 10.2. The first-order valence-corrected chi connectivity index (χ1v) is 9.86. The van der Waals surface area contributed by atoms with E-state index in [0.29, 0.717) is 11.1 Å². The van der Waals surface area contributed by atoms with Gasteiger partial charge in [0.2, 0.25) is 11.2 Å². The van der Waals surface area contributed by atoms with Gasteiger partial charge in [-0.05, 0) is 55.0 Å². The minimum absolute atomic E-state index is 0.0773. The van der Waals surface area contributed by atoms with Crippen LogP contribution in [0.5, 0.6) is 23.0 Å². The van der Waals surface area contributed by atoms with Gasteiger partial charge in [0.25, 0.3) is 0 Å². The third kappa shape index (κ3) is 4.87. The lowest BCUT2D eigenvalue weighted by Gasteiger charge is -2.07. The summed E-state index contributed by atoms with van der Waals surface area (Å²) < 4.78 is 21.6. The van der Waals surface area contributed by atoms with E-state index in [4.69, 9.17) is 18.6 Å². The van der Waals surface area contributed by atoms with Crippen LogP contribution in [-0.4, -0.2) is 13.1 Å². The molecular formula is C26H20O6. The highest BCUT2D eigenvalue weighted by Gasteiger charge is 2.11. The first-order valence-electron chi connectivity index (χ1n) is 9.86. The van der Waals surface area contributed by atoms with Crippen LogP contribution in [0.4, 0.5) is 0 Å². The molecule has 4 rings (SSSR count). The molecular weight excluding hydrogens is 408 g/mol. The van der Waals surface area contributed by atoms with Crippen molar-refractivity contribution in [3.05, 3.63) is 100 Å². The van der Waals surface area contributed by atoms with E-state index in [1.165, 1.54) is 24.5 Å². The number of aryl methyl sites for hydroxylation is 1. The van der Waals surface area contributed by atoms with Crippen molar-refractivity contribution in [3.8, 4) is 23.0 Å². The lowest BCUT2D eigenvalue weighted by Crippen LogP contribution is -2.06. The van der Waals surface area contributed by atoms with Crippen LogP contribution < -0.4 is 19.6 Å². The molecule has 0 atom stereocenters. The standard InChI is InChI=1S/C26H20O6/c1-17-3-8-20(9-4-17)31-24-16-30-23-15-21(12-13-22(23)26(24)28)32-25(27)14-7-18-5-10-19(29-2)11-6-18/h3-16H,1-2H3/b14-7+. The molecule has 0 saturated heterocycles. The van der Waals surface area contributed by atoms with Gasteiger partial charge in [0.15, 0.2) is 0 Å². The van der Waals surface area contributed by atoms with Gasteiger partial charge in [0, 0.05) is 12.1 Å². The fourth-order valence-electron chi connectivity index (χ4n) is 2.99. The second-order valence-corrected chi connectivity index (χ2v) is 7.03. The van der Waals surface area contributed by atoms with E-state index in [1.54, 1.807) is 43.5 Å². The first-order chi connectivity index (χ1) is 15.5. The van der Waals surface area contributed by atoms with Crippen LogP contribution in [0.2, 0.25) is 0 Å². The van der Waals surface area contributed by atoms with E-state index in [2.05, 4.69) is 0 Å². The summed E-state index contributed by atoms with van der Waals surface area (Å²) in [6.45, 7) is 1.97. The average molecular weight is 428 g/mol. The molecule has 0 aliphatic rings. The van der Waals surface area contributed by atoms with Gasteiger partial charge in [0.05, 0.1) is 12.5 Å². The second-order valence-electron chi connectivity index (χ2n) is 7.03. The molecule has 0 amide bonds. The van der Waals surface area contributed by atoms with Crippen LogP contribution in [0.25, 0.3) is 17.0 Å². The zero-order chi connectivity index (χ0) is 22.5. The van der Waals surface area contributed by atoms with Crippen LogP contribution >= 0.6 is 0 Å². The maximum Gasteiger partial charge on any atom is 0.336 e. The van der Waals surface area contributed by atoms with Gasteiger partial charge in [-0.3, -0.25) is 4.79 Å². The maximum absolute atomic E-state index is 12.7.